The third kappa shape index (κ3) is 3.12. The van der Waals surface area contributed by atoms with E-state index in [0.717, 1.165) is 45.7 Å². The van der Waals surface area contributed by atoms with Gasteiger partial charge in [0.05, 0.1) is 4.92 Å². The van der Waals surface area contributed by atoms with Gasteiger partial charge in [-0.2, -0.15) is 0 Å². The van der Waals surface area contributed by atoms with Gasteiger partial charge in [0, 0.05) is 56.4 Å². The van der Waals surface area contributed by atoms with Crippen molar-refractivity contribution in [3.63, 3.8) is 0 Å². The van der Waals surface area contributed by atoms with Gasteiger partial charge in [0.15, 0.2) is 0 Å². The molecule has 0 aliphatic carbocycles. The van der Waals surface area contributed by atoms with Crippen LogP contribution in [0.25, 0.3) is 0 Å². The number of nitrogens with zero attached hydrogens (tertiary/aromatic N) is 3. The van der Waals surface area contributed by atoms with Crippen LogP contribution in [0.3, 0.4) is 0 Å². The summed E-state index contributed by atoms with van der Waals surface area (Å²) >= 11 is 5.88. The van der Waals surface area contributed by atoms with E-state index in [0.29, 0.717) is 16.8 Å². The van der Waals surface area contributed by atoms with E-state index in [1.807, 2.05) is 0 Å². The molecular formula is C14H19ClN4O2. The Hall–Kier alpha value is -1.37. The summed E-state index contributed by atoms with van der Waals surface area (Å²) in [6, 6.07) is 5.42. The molecule has 2 fully saturated rings. The highest BCUT2D eigenvalue weighted by Crippen LogP contribution is 2.33. The molecule has 1 N–H and O–H groups in total. The summed E-state index contributed by atoms with van der Waals surface area (Å²) < 4.78 is 0. The first kappa shape index (κ1) is 14.6. The van der Waals surface area contributed by atoms with Gasteiger partial charge >= 0.3 is 0 Å². The van der Waals surface area contributed by atoms with Gasteiger partial charge < -0.3 is 10.2 Å². The van der Waals surface area contributed by atoms with Crippen LogP contribution in [0.1, 0.15) is 6.42 Å². The summed E-state index contributed by atoms with van der Waals surface area (Å²) in [5.74, 6) is 0. The Labute approximate surface area is 128 Å². The molecule has 0 saturated carbocycles. The van der Waals surface area contributed by atoms with Crippen LogP contribution in [-0.2, 0) is 0 Å². The van der Waals surface area contributed by atoms with Crippen molar-refractivity contribution < 1.29 is 4.92 Å². The van der Waals surface area contributed by atoms with Crippen molar-refractivity contribution in [1.82, 2.24) is 10.2 Å². The Bertz CT molecular complexity index is 534. The minimum Gasteiger partial charge on any atom is -0.364 e. The number of nitro groups is 1. The van der Waals surface area contributed by atoms with Crippen molar-refractivity contribution >= 4 is 23.0 Å². The summed E-state index contributed by atoms with van der Waals surface area (Å²) in [4.78, 5) is 15.5. The van der Waals surface area contributed by atoms with Crippen LogP contribution in [0, 0.1) is 10.1 Å². The monoisotopic (exact) mass is 310 g/mol. The normalized spacial score (nSPS) is 23.5. The third-order valence-corrected chi connectivity index (χ3v) is 4.54. The first-order chi connectivity index (χ1) is 10.1. The number of nitro benzene ring substituents is 1. The van der Waals surface area contributed by atoms with Crippen LogP contribution in [-0.4, -0.2) is 55.1 Å². The van der Waals surface area contributed by atoms with Gasteiger partial charge in [-0.15, -0.1) is 0 Å². The summed E-state index contributed by atoms with van der Waals surface area (Å²) in [5, 5.41) is 15.0. The molecule has 1 aromatic rings. The fourth-order valence-electron chi connectivity index (χ4n) is 3.22. The van der Waals surface area contributed by atoms with Gasteiger partial charge in [0.1, 0.15) is 5.69 Å². The number of halogens is 1. The van der Waals surface area contributed by atoms with E-state index < -0.39 is 0 Å². The van der Waals surface area contributed by atoms with Crippen LogP contribution in [0.4, 0.5) is 11.4 Å². The number of rotatable bonds is 3. The second-order valence-electron chi connectivity index (χ2n) is 5.56. The fraction of sp³-hybridized carbons (Fsp3) is 0.571. The molecule has 0 spiro atoms. The van der Waals surface area contributed by atoms with Crippen LogP contribution in [0.15, 0.2) is 18.2 Å². The third-order valence-electron chi connectivity index (χ3n) is 4.31. The first-order valence-corrected chi connectivity index (χ1v) is 7.66. The lowest BCUT2D eigenvalue weighted by atomic mass is 10.2. The van der Waals surface area contributed by atoms with Gasteiger partial charge in [-0.05, 0) is 18.6 Å². The average Bonchev–Trinajstić information content (AvgIpc) is 2.97. The van der Waals surface area contributed by atoms with E-state index in [1.165, 1.54) is 6.07 Å². The van der Waals surface area contributed by atoms with Gasteiger partial charge in [-0.1, -0.05) is 11.6 Å². The first-order valence-electron chi connectivity index (χ1n) is 7.29. The maximum atomic E-state index is 11.2. The molecule has 0 bridgehead atoms. The molecule has 6 nitrogen and oxygen atoms in total. The van der Waals surface area contributed by atoms with Gasteiger partial charge in [-0.3, -0.25) is 15.0 Å². The van der Waals surface area contributed by atoms with Crippen LogP contribution in [0.5, 0.6) is 0 Å². The lowest BCUT2D eigenvalue weighted by molar-refractivity contribution is -0.384. The predicted molar refractivity (Wildman–Crippen MR) is 83.2 cm³/mol. The second-order valence-corrected chi connectivity index (χ2v) is 6.00. The van der Waals surface area contributed by atoms with Gasteiger partial charge in [0.2, 0.25) is 0 Å². The highest BCUT2D eigenvalue weighted by atomic mass is 35.5. The molecule has 0 radical (unpaired) electrons. The zero-order chi connectivity index (χ0) is 14.8. The molecule has 21 heavy (non-hydrogen) atoms. The number of anilines is 1. The van der Waals surface area contributed by atoms with E-state index in [4.69, 9.17) is 11.6 Å². The molecule has 3 rings (SSSR count). The zero-order valence-corrected chi connectivity index (χ0v) is 12.6. The summed E-state index contributed by atoms with van der Waals surface area (Å²) in [6.07, 6.45) is 1.06. The lowest BCUT2D eigenvalue weighted by Gasteiger charge is -2.32. The summed E-state index contributed by atoms with van der Waals surface area (Å²) in [7, 11) is 0. The van der Waals surface area contributed by atoms with Crippen molar-refractivity contribution in [2.24, 2.45) is 0 Å². The van der Waals surface area contributed by atoms with Crippen LogP contribution in [0.2, 0.25) is 5.02 Å². The van der Waals surface area contributed by atoms with Crippen molar-refractivity contribution in [3.8, 4) is 0 Å². The molecule has 2 heterocycles. The molecule has 1 aromatic carbocycles. The van der Waals surface area contributed by atoms with Crippen molar-refractivity contribution in [3.05, 3.63) is 33.3 Å². The molecule has 0 aromatic heterocycles. The Balaban J connectivity index is 1.75. The molecule has 0 amide bonds. The number of piperazine rings is 1. The lowest BCUT2D eigenvalue weighted by Crippen LogP contribution is -2.49. The molecule has 2 saturated heterocycles. The quantitative estimate of drug-likeness (QED) is 0.680. The van der Waals surface area contributed by atoms with Gasteiger partial charge in [0.25, 0.3) is 5.69 Å². The molecule has 2 aliphatic heterocycles. The Morgan fingerprint density at radius 3 is 2.76 bits per heavy atom. The molecule has 114 valence electrons. The standard InChI is InChI=1S/C14H19ClN4O2/c15-11-1-2-13(14(9-11)19(20)21)18-6-3-12(10-18)17-7-4-16-5-8-17/h1-2,9,12,16H,3-8,10H2. The predicted octanol–water partition coefficient (Wildman–Crippen LogP) is 1.73. The Morgan fingerprint density at radius 2 is 2.05 bits per heavy atom. The van der Waals surface area contributed by atoms with Crippen LogP contribution >= 0.6 is 11.6 Å². The van der Waals surface area contributed by atoms with E-state index >= 15 is 0 Å². The summed E-state index contributed by atoms with van der Waals surface area (Å²) in [5.41, 5.74) is 0.783. The molecule has 1 atom stereocenters. The smallest absolute Gasteiger partial charge is 0.294 e. The molecule has 1 unspecified atom stereocenters. The van der Waals surface area contributed by atoms with E-state index in [2.05, 4.69) is 15.1 Å². The van der Waals surface area contributed by atoms with E-state index in [-0.39, 0.29) is 10.6 Å². The SMILES string of the molecule is O=[N+]([O-])c1cc(Cl)ccc1N1CCC(N2CCNCC2)C1. The van der Waals surface area contributed by atoms with Crippen molar-refractivity contribution in [2.75, 3.05) is 44.2 Å². The summed E-state index contributed by atoms with van der Waals surface area (Å²) in [6.45, 7) is 5.87. The number of hydrogen-bond donors (Lipinski definition) is 1. The van der Waals surface area contributed by atoms with E-state index in [9.17, 15) is 10.1 Å². The zero-order valence-electron chi connectivity index (χ0n) is 11.8. The van der Waals surface area contributed by atoms with Gasteiger partial charge in [-0.25, -0.2) is 0 Å². The molecule has 7 heteroatoms. The second kappa shape index (κ2) is 6.17. The maximum absolute atomic E-state index is 11.2. The number of hydrogen-bond acceptors (Lipinski definition) is 5. The Kier molecular flexibility index (Phi) is 4.28. The number of benzene rings is 1. The minimum absolute atomic E-state index is 0.100. The number of nitrogens with one attached hydrogen (secondary N) is 1. The molecule has 2 aliphatic rings. The topological polar surface area (TPSA) is 61.7 Å². The van der Waals surface area contributed by atoms with Crippen molar-refractivity contribution in [1.29, 1.82) is 0 Å². The highest BCUT2D eigenvalue weighted by Gasteiger charge is 2.31. The fourth-order valence-corrected chi connectivity index (χ4v) is 3.38. The Morgan fingerprint density at radius 1 is 1.29 bits per heavy atom. The maximum Gasteiger partial charge on any atom is 0.294 e. The van der Waals surface area contributed by atoms with E-state index in [1.54, 1.807) is 12.1 Å². The minimum atomic E-state index is -0.348. The average molecular weight is 311 g/mol. The largest absolute Gasteiger partial charge is 0.364 e. The van der Waals surface area contributed by atoms with Crippen LogP contribution < -0.4 is 10.2 Å². The van der Waals surface area contributed by atoms with Crippen molar-refractivity contribution in [2.45, 2.75) is 12.5 Å². The highest BCUT2D eigenvalue weighted by molar-refractivity contribution is 6.30. The molecular weight excluding hydrogens is 292 g/mol.